The van der Waals surface area contributed by atoms with E-state index in [1.54, 1.807) is 0 Å². The molecule has 0 saturated carbocycles. The summed E-state index contributed by atoms with van der Waals surface area (Å²) >= 11 is 0. The Labute approximate surface area is 185 Å². The van der Waals surface area contributed by atoms with Gasteiger partial charge in [0.1, 0.15) is 18.0 Å². The molecule has 0 unspecified atom stereocenters. The van der Waals surface area contributed by atoms with Gasteiger partial charge in [0.2, 0.25) is 0 Å². The van der Waals surface area contributed by atoms with Crippen molar-refractivity contribution in [1.82, 2.24) is 10.2 Å². The lowest BCUT2D eigenvalue weighted by molar-refractivity contribution is 0.0479. The molecule has 2 aromatic rings. The number of hydrogen-bond donors (Lipinski definition) is 1. The van der Waals surface area contributed by atoms with Gasteiger partial charge in [0, 0.05) is 43.5 Å². The van der Waals surface area contributed by atoms with Gasteiger partial charge in [-0.1, -0.05) is 30.3 Å². The number of fused-ring (bicyclic) bond motifs is 2. The Morgan fingerprint density at radius 3 is 2.45 bits per heavy atom. The Morgan fingerprint density at radius 1 is 1.03 bits per heavy atom. The lowest BCUT2D eigenvalue weighted by Crippen LogP contribution is -2.47. The number of likely N-dealkylation sites (tertiary alicyclic amines) is 1. The van der Waals surface area contributed by atoms with Gasteiger partial charge >= 0.3 is 6.09 Å². The van der Waals surface area contributed by atoms with Gasteiger partial charge in [-0.3, -0.25) is 0 Å². The third kappa shape index (κ3) is 5.50. The number of nitrogens with zero attached hydrogens (tertiary/aromatic N) is 2. The zero-order chi connectivity index (χ0) is 21.8. The van der Waals surface area contributed by atoms with E-state index in [4.69, 9.17) is 9.47 Å². The lowest BCUT2D eigenvalue weighted by atomic mass is 10.1. The second-order valence-corrected chi connectivity index (χ2v) is 9.30. The fraction of sp³-hybridized carbons (Fsp3) is 0.480. The molecule has 1 saturated heterocycles. The standard InChI is InChI=1S/C25H33N3O3/c1-25(2,3)31-24(29)26-20-12-14-27(15-13-20)16-17-28-21-9-5-4-8-19(21)18-30-23-11-7-6-10-22(23)28/h4-11,20H,12-18H2,1-3H3,(H,26,29). The van der Waals surface area contributed by atoms with Crippen LogP contribution >= 0.6 is 0 Å². The van der Waals surface area contributed by atoms with Crippen molar-refractivity contribution in [3.63, 3.8) is 0 Å². The van der Waals surface area contributed by atoms with Gasteiger partial charge in [-0.2, -0.15) is 0 Å². The summed E-state index contributed by atoms with van der Waals surface area (Å²) in [6.45, 7) is 10.0. The number of ether oxygens (including phenoxy) is 2. The molecule has 31 heavy (non-hydrogen) atoms. The van der Waals surface area contributed by atoms with E-state index >= 15 is 0 Å². The highest BCUT2D eigenvalue weighted by molar-refractivity contribution is 5.72. The molecule has 0 radical (unpaired) electrons. The van der Waals surface area contributed by atoms with Crippen LogP contribution in [0, 0.1) is 0 Å². The average molecular weight is 424 g/mol. The number of rotatable bonds is 4. The zero-order valence-corrected chi connectivity index (χ0v) is 18.8. The molecule has 0 atom stereocenters. The van der Waals surface area contributed by atoms with E-state index in [1.165, 1.54) is 11.3 Å². The van der Waals surface area contributed by atoms with E-state index < -0.39 is 5.60 Å². The number of carbonyl (C=O) groups is 1. The van der Waals surface area contributed by atoms with Gasteiger partial charge in [-0.05, 0) is 51.8 Å². The highest BCUT2D eigenvalue weighted by atomic mass is 16.6. The molecule has 0 aromatic heterocycles. The normalized spacial score (nSPS) is 17.2. The minimum atomic E-state index is -0.464. The summed E-state index contributed by atoms with van der Waals surface area (Å²) in [5.74, 6) is 0.930. The van der Waals surface area contributed by atoms with E-state index in [0.717, 1.165) is 50.5 Å². The fourth-order valence-corrected chi connectivity index (χ4v) is 4.24. The first kappa shape index (κ1) is 21.5. The summed E-state index contributed by atoms with van der Waals surface area (Å²) in [4.78, 5) is 16.9. The minimum Gasteiger partial charge on any atom is -0.487 e. The van der Waals surface area contributed by atoms with E-state index in [1.807, 2.05) is 32.9 Å². The summed E-state index contributed by atoms with van der Waals surface area (Å²) in [5, 5.41) is 3.02. The molecule has 1 fully saturated rings. The van der Waals surface area contributed by atoms with Crippen molar-refractivity contribution in [3.8, 4) is 5.75 Å². The van der Waals surface area contributed by atoms with E-state index in [-0.39, 0.29) is 12.1 Å². The van der Waals surface area contributed by atoms with Crippen molar-refractivity contribution in [3.05, 3.63) is 54.1 Å². The first-order valence-electron chi connectivity index (χ1n) is 11.2. The van der Waals surface area contributed by atoms with Gasteiger partial charge < -0.3 is 24.6 Å². The number of carbonyl (C=O) groups excluding carboxylic acids is 1. The van der Waals surface area contributed by atoms with Gasteiger partial charge in [0.15, 0.2) is 0 Å². The predicted molar refractivity (Wildman–Crippen MR) is 123 cm³/mol. The number of hydrogen-bond acceptors (Lipinski definition) is 5. The van der Waals surface area contributed by atoms with Crippen LogP contribution in [-0.2, 0) is 11.3 Å². The van der Waals surface area contributed by atoms with Crippen LogP contribution in [0.25, 0.3) is 0 Å². The highest BCUT2D eigenvalue weighted by Gasteiger charge is 2.25. The van der Waals surface area contributed by atoms with Crippen molar-refractivity contribution in [2.75, 3.05) is 31.1 Å². The number of benzene rings is 2. The third-order valence-corrected chi connectivity index (χ3v) is 5.77. The molecule has 2 aromatic carbocycles. The largest absolute Gasteiger partial charge is 0.487 e. The quantitative estimate of drug-likeness (QED) is 0.772. The van der Waals surface area contributed by atoms with E-state index in [2.05, 4.69) is 51.5 Å². The molecule has 4 rings (SSSR count). The summed E-state index contributed by atoms with van der Waals surface area (Å²) in [5.41, 5.74) is 3.08. The molecule has 0 aliphatic carbocycles. The third-order valence-electron chi connectivity index (χ3n) is 5.77. The van der Waals surface area contributed by atoms with Crippen LogP contribution in [0.4, 0.5) is 16.2 Å². The van der Waals surface area contributed by atoms with Crippen LogP contribution in [0.2, 0.25) is 0 Å². The zero-order valence-electron chi connectivity index (χ0n) is 18.8. The maximum Gasteiger partial charge on any atom is 0.407 e. The Kier molecular flexibility index (Phi) is 6.37. The average Bonchev–Trinajstić information content (AvgIpc) is 2.89. The van der Waals surface area contributed by atoms with Crippen molar-refractivity contribution in [2.24, 2.45) is 0 Å². The van der Waals surface area contributed by atoms with Crippen LogP contribution in [0.1, 0.15) is 39.2 Å². The van der Waals surface area contributed by atoms with Crippen LogP contribution in [0.15, 0.2) is 48.5 Å². The minimum absolute atomic E-state index is 0.180. The molecule has 2 aliphatic rings. The molecule has 2 aliphatic heterocycles. The molecule has 6 heteroatoms. The molecule has 2 heterocycles. The Balaban J connectivity index is 1.36. The lowest BCUT2D eigenvalue weighted by Gasteiger charge is -2.34. The van der Waals surface area contributed by atoms with Crippen molar-refractivity contribution in [2.45, 2.75) is 51.9 Å². The maximum atomic E-state index is 12.0. The number of anilines is 2. The monoisotopic (exact) mass is 423 g/mol. The van der Waals surface area contributed by atoms with Crippen molar-refractivity contribution < 1.29 is 14.3 Å². The number of nitrogens with one attached hydrogen (secondary N) is 1. The maximum absolute atomic E-state index is 12.0. The number of alkyl carbamates (subject to hydrolysis) is 1. The highest BCUT2D eigenvalue weighted by Crippen LogP contribution is 2.39. The summed E-state index contributed by atoms with van der Waals surface area (Å²) in [6.07, 6.45) is 1.56. The first-order chi connectivity index (χ1) is 14.9. The predicted octanol–water partition coefficient (Wildman–Crippen LogP) is 4.71. The number of para-hydroxylation sites is 3. The Hall–Kier alpha value is -2.73. The van der Waals surface area contributed by atoms with Crippen molar-refractivity contribution >= 4 is 17.5 Å². The number of amides is 1. The van der Waals surface area contributed by atoms with Gasteiger partial charge in [-0.25, -0.2) is 4.79 Å². The second-order valence-electron chi connectivity index (χ2n) is 9.30. The second kappa shape index (κ2) is 9.18. The first-order valence-corrected chi connectivity index (χ1v) is 11.2. The molecule has 0 bridgehead atoms. The summed E-state index contributed by atoms with van der Waals surface area (Å²) < 4.78 is 11.5. The van der Waals surface area contributed by atoms with Crippen LogP contribution < -0.4 is 15.0 Å². The van der Waals surface area contributed by atoms with Crippen molar-refractivity contribution in [1.29, 1.82) is 0 Å². The molecule has 166 valence electrons. The van der Waals surface area contributed by atoms with E-state index in [9.17, 15) is 4.79 Å². The van der Waals surface area contributed by atoms with E-state index in [0.29, 0.717) is 6.61 Å². The molecule has 1 N–H and O–H groups in total. The molecular weight excluding hydrogens is 390 g/mol. The van der Waals surface area contributed by atoms with Gasteiger partial charge in [-0.15, -0.1) is 0 Å². The Bertz CT molecular complexity index is 853. The topological polar surface area (TPSA) is 54.0 Å². The van der Waals surface area contributed by atoms with Gasteiger partial charge in [0.05, 0.1) is 5.69 Å². The van der Waals surface area contributed by atoms with Crippen LogP contribution in [0.3, 0.4) is 0 Å². The SMILES string of the molecule is CC(C)(C)OC(=O)NC1CCN(CCN2c3ccccc3COc3ccccc32)CC1. The Morgan fingerprint density at radius 2 is 1.71 bits per heavy atom. The molecule has 0 spiro atoms. The smallest absolute Gasteiger partial charge is 0.407 e. The summed E-state index contributed by atoms with van der Waals surface area (Å²) in [6, 6.07) is 16.9. The molecule has 6 nitrogen and oxygen atoms in total. The molecule has 1 amide bonds. The van der Waals surface area contributed by atoms with Gasteiger partial charge in [0.25, 0.3) is 0 Å². The van der Waals surface area contributed by atoms with Crippen LogP contribution in [0.5, 0.6) is 5.75 Å². The molecular formula is C25H33N3O3. The fourth-order valence-electron chi connectivity index (χ4n) is 4.24. The summed E-state index contributed by atoms with van der Waals surface area (Å²) in [7, 11) is 0. The number of piperidine rings is 1. The van der Waals surface area contributed by atoms with Crippen LogP contribution in [-0.4, -0.2) is 48.8 Å².